The van der Waals surface area contributed by atoms with E-state index in [1.54, 1.807) is 12.2 Å². The molecule has 0 spiro atoms. The summed E-state index contributed by atoms with van der Waals surface area (Å²) in [7, 11) is 1.39. The third kappa shape index (κ3) is 3.73. The van der Waals surface area contributed by atoms with Crippen LogP contribution in [-0.4, -0.2) is 13.1 Å². The third-order valence-electron chi connectivity index (χ3n) is 2.23. The molecule has 1 aromatic carbocycles. The molecule has 84 valence electrons. The summed E-state index contributed by atoms with van der Waals surface area (Å²) in [4.78, 5) is 11.2. The van der Waals surface area contributed by atoms with E-state index in [4.69, 9.17) is 0 Å². The Hall–Kier alpha value is -1.83. The molecule has 0 aliphatic carbocycles. The highest BCUT2D eigenvalue weighted by molar-refractivity contribution is 5.91. The second-order valence-electron chi connectivity index (χ2n) is 3.33. The first kappa shape index (κ1) is 12.2. The number of carbonyl (C=O) groups is 1. The first-order valence-electron chi connectivity index (χ1n) is 5.23. The molecule has 0 amide bonds. The van der Waals surface area contributed by atoms with Crippen LogP contribution in [0.1, 0.15) is 12.5 Å². The molecular weight excluding hydrogens is 200 g/mol. The van der Waals surface area contributed by atoms with Gasteiger partial charge < -0.3 is 4.74 Å². The molecule has 0 bridgehead atoms. The number of allylic oxidation sites excluding steroid dienone is 2. The van der Waals surface area contributed by atoms with Gasteiger partial charge in [-0.05, 0) is 18.9 Å². The van der Waals surface area contributed by atoms with Gasteiger partial charge in [-0.3, -0.25) is 0 Å². The molecule has 0 radical (unpaired) electrons. The van der Waals surface area contributed by atoms with Crippen LogP contribution in [0.4, 0.5) is 0 Å². The fourth-order valence-electron chi connectivity index (χ4n) is 1.34. The van der Waals surface area contributed by atoms with Crippen molar-refractivity contribution in [3.8, 4) is 0 Å². The van der Waals surface area contributed by atoms with Gasteiger partial charge in [0.2, 0.25) is 0 Å². The Balaban J connectivity index is 2.58. The van der Waals surface area contributed by atoms with Gasteiger partial charge in [-0.15, -0.1) is 0 Å². The molecule has 0 unspecified atom stereocenters. The Bertz CT molecular complexity index is 388. The zero-order valence-corrected chi connectivity index (χ0v) is 9.64. The van der Waals surface area contributed by atoms with Crippen molar-refractivity contribution < 1.29 is 9.53 Å². The first-order chi connectivity index (χ1) is 7.77. The largest absolute Gasteiger partial charge is 0.465 e. The van der Waals surface area contributed by atoms with E-state index in [0.717, 1.165) is 6.42 Å². The molecule has 2 heteroatoms. The first-order valence-corrected chi connectivity index (χ1v) is 5.23. The summed E-state index contributed by atoms with van der Waals surface area (Å²) >= 11 is 0. The molecule has 0 fully saturated rings. The molecular formula is C14H16O2. The van der Waals surface area contributed by atoms with E-state index in [1.807, 2.05) is 31.2 Å². The minimum atomic E-state index is -0.299. The lowest BCUT2D eigenvalue weighted by molar-refractivity contribution is -0.135. The highest BCUT2D eigenvalue weighted by Crippen LogP contribution is 2.04. The summed E-state index contributed by atoms with van der Waals surface area (Å²) in [5, 5.41) is 0. The van der Waals surface area contributed by atoms with Crippen LogP contribution in [0.15, 0.2) is 54.1 Å². The van der Waals surface area contributed by atoms with Crippen molar-refractivity contribution in [3.63, 3.8) is 0 Å². The molecule has 0 aliphatic rings. The van der Waals surface area contributed by atoms with Crippen molar-refractivity contribution in [2.45, 2.75) is 13.3 Å². The smallest absolute Gasteiger partial charge is 0.337 e. The van der Waals surface area contributed by atoms with Crippen LogP contribution < -0.4 is 0 Å². The fraction of sp³-hybridized carbons (Fsp3) is 0.214. The van der Waals surface area contributed by atoms with Crippen molar-refractivity contribution in [3.05, 3.63) is 59.7 Å². The van der Waals surface area contributed by atoms with Crippen LogP contribution in [0.2, 0.25) is 0 Å². The Morgan fingerprint density at radius 1 is 1.31 bits per heavy atom. The summed E-state index contributed by atoms with van der Waals surface area (Å²) < 4.78 is 4.65. The van der Waals surface area contributed by atoms with E-state index in [9.17, 15) is 4.79 Å². The average Bonchev–Trinajstić information content (AvgIpc) is 2.35. The highest BCUT2D eigenvalue weighted by Gasteiger charge is 2.02. The van der Waals surface area contributed by atoms with Crippen LogP contribution >= 0.6 is 0 Å². The maximum Gasteiger partial charge on any atom is 0.337 e. The minimum Gasteiger partial charge on any atom is -0.465 e. The Morgan fingerprint density at radius 3 is 2.56 bits per heavy atom. The summed E-state index contributed by atoms with van der Waals surface area (Å²) in [6.45, 7) is 1.82. The maximum absolute atomic E-state index is 11.2. The lowest BCUT2D eigenvalue weighted by Gasteiger charge is -1.98. The molecule has 2 nitrogen and oxygen atoms in total. The van der Waals surface area contributed by atoms with E-state index < -0.39 is 0 Å². The van der Waals surface area contributed by atoms with Crippen LogP contribution in [0.3, 0.4) is 0 Å². The average molecular weight is 216 g/mol. The predicted octanol–water partition coefficient (Wildman–Crippen LogP) is 2.90. The SMILES string of the molecule is C/C=C(\C=C/Cc1ccccc1)C(=O)OC. The van der Waals surface area contributed by atoms with Gasteiger partial charge in [0.1, 0.15) is 0 Å². The summed E-state index contributed by atoms with van der Waals surface area (Å²) in [5.41, 5.74) is 1.80. The van der Waals surface area contributed by atoms with Gasteiger partial charge in [-0.25, -0.2) is 4.79 Å². The number of methoxy groups -OCH3 is 1. The Kier molecular flexibility index (Phi) is 5.06. The monoisotopic (exact) mass is 216 g/mol. The van der Waals surface area contributed by atoms with Gasteiger partial charge in [0.15, 0.2) is 0 Å². The minimum absolute atomic E-state index is 0.299. The molecule has 0 N–H and O–H groups in total. The number of esters is 1. The van der Waals surface area contributed by atoms with E-state index in [1.165, 1.54) is 12.7 Å². The highest BCUT2D eigenvalue weighted by atomic mass is 16.5. The molecule has 16 heavy (non-hydrogen) atoms. The number of carbonyl (C=O) groups excluding carboxylic acids is 1. The van der Waals surface area contributed by atoms with Gasteiger partial charge in [0.05, 0.1) is 12.7 Å². The van der Waals surface area contributed by atoms with Crippen molar-refractivity contribution in [1.82, 2.24) is 0 Å². The van der Waals surface area contributed by atoms with Gasteiger partial charge in [0, 0.05) is 0 Å². The van der Waals surface area contributed by atoms with Gasteiger partial charge in [-0.1, -0.05) is 48.6 Å². The summed E-state index contributed by atoms with van der Waals surface area (Å²) in [5.74, 6) is -0.299. The van der Waals surface area contributed by atoms with Crippen LogP contribution in [0.25, 0.3) is 0 Å². The third-order valence-corrected chi connectivity index (χ3v) is 2.23. The summed E-state index contributed by atoms with van der Waals surface area (Å²) in [6, 6.07) is 10.1. The van der Waals surface area contributed by atoms with E-state index in [0.29, 0.717) is 5.57 Å². The van der Waals surface area contributed by atoms with Crippen LogP contribution in [0.5, 0.6) is 0 Å². The van der Waals surface area contributed by atoms with Gasteiger partial charge in [0.25, 0.3) is 0 Å². The lowest BCUT2D eigenvalue weighted by Crippen LogP contribution is -2.02. The number of hydrogen-bond donors (Lipinski definition) is 0. The maximum atomic E-state index is 11.2. The lowest BCUT2D eigenvalue weighted by atomic mass is 10.1. The van der Waals surface area contributed by atoms with Crippen molar-refractivity contribution in [2.75, 3.05) is 7.11 Å². The molecule has 0 aromatic heterocycles. The van der Waals surface area contributed by atoms with Crippen LogP contribution in [-0.2, 0) is 16.0 Å². The topological polar surface area (TPSA) is 26.3 Å². The molecule has 1 aromatic rings. The molecule has 0 atom stereocenters. The molecule has 0 saturated carbocycles. The zero-order valence-electron chi connectivity index (χ0n) is 9.64. The van der Waals surface area contributed by atoms with Gasteiger partial charge >= 0.3 is 5.97 Å². The molecule has 0 heterocycles. The number of rotatable bonds is 4. The molecule has 1 rings (SSSR count). The van der Waals surface area contributed by atoms with Crippen molar-refractivity contribution in [1.29, 1.82) is 0 Å². The Labute approximate surface area is 96.2 Å². The van der Waals surface area contributed by atoms with Crippen molar-refractivity contribution >= 4 is 5.97 Å². The standard InChI is InChI=1S/C14H16O2/c1-3-13(14(15)16-2)11-7-10-12-8-5-4-6-9-12/h3-9,11H,10H2,1-2H3/b11-7-,13-3+. The van der Waals surface area contributed by atoms with Crippen LogP contribution in [0, 0.1) is 0 Å². The number of benzene rings is 1. The predicted molar refractivity (Wildman–Crippen MR) is 65.1 cm³/mol. The van der Waals surface area contributed by atoms with Crippen molar-refractivity contribution in [2.24, 2.45) is 0 Å². The second kappa shape index (κ2) is 6.62. The van der Waals surface area contributed by atoms with Gasteiger partial charge in [-0.2, -0.15) is 0 Å². The second-order valence-corrected chi connectivity index (χ2v) is 3.33. The Morgan fingerprint density at radius 2 is 2.00 bits per heavy atom. The number of ether oxygens (including phenoxy) is 1. The quantitative estimate of drug-likeness (QED) is 0.439. The zero-order chi connectivity index (χ0) is 11.8. The summed E-state index contributed by atoms with van der Waals surface area (Å²) in [6.07, 6.45) is 6.31. The number of hydrogen-bond acceptors (Lipinski definition) is 2. The normalized spacial score (nSPS) is 11.8. The molecule has 0 aliphatic heterocycles. The van der Waals surface area contributed by atoms with E-state index in [-0.39, 0.29) is 5.97 Å². The fourth-order valence-corrected chi connectivity index (χ4v) is 1.34. The van der Waals surface area contributed by atoms with E-state index >= 15 is 0 Å². The van der Waals surface area contributed by atoms with E-state index in [2.05, 4.69) is 16.9 Å². The molecule has 0 saturated heterocycles.